The monoisotopic (exact) mass is 390 g/mol. The molecule has 0 N–H and O–H groups in total. The Morgan fingerprint density at radius 3 is 2.19 bits per heavy atom. The molecule has 144 valence electrons. The lowest BCUT2D eigenvalue weighted by atomic mass is 10.1. The second-order valence-electron chi connectivity index (χ2n) is 6.65. The van der Waals surface area contributed by atoms with Crippen LogP contribution in [0.3, 0.4) is 0 Å². The highest BCUT2D eigenvalue weighted by molar-refractivity contribution is 7.92. The molecule has 1 aliphatic heterocycles. The first-order valence-corrected chi connectivity index (χ1v) is 10.5. The summed E-state index contributed by atoms with van der Waals surface area (Å²) in [4.78, 5) is 14.7. The molecule has 0 spiro atoms. The van der Waals surface area contributed by atoms with Crippen molar-refractivity contribution in [1.29, 1.82) is 0 Å². The molecule has 3 rings (SSSR count). The van der Waals surface area contributed by atoms with Gasteiger partial charge in [0.05, 0.1) is 10.6 Å². The Labute approximate surface area is 159 Å². The third kappa shape index (κ3) is 4.13. The first-order valence-electron chi connectivity index (χ1n) is 9.05. The minimum atomic E-state index is -4.03. The summed E-state index contributed by atoms with van der Waals surface area (Å²) < 4.78 is 41.0. The van der Waals surface area contributed by atoms with Crippen LogP contribution in [0.1, 0.15) is 26.2 Å². The van der Waals surface area contributed by atoms with Gasteiger partial charge < -0.3 is 4.90 Å². The zero-order valence-corrected chi connectivity index (χ0v) is 16.0. The van der Waals surface area contributed by atoms with E-state index in [0.29, 0.717) is 18.8 Å². The van der Waals surface area contributed by atoms with Crippen molar-refractivity contribution in [3.8, 4) is 0 Å². The maximum Gasteiger partial charge on any atom is 0.265 e. The number of hydrogen-bond donors (Lipinski definition) is 0. The van der Waals surface area contributed by atoms with Crippen LogP contribution in [-0.4, -0.2) is 38.4 Å². The van der Waals surface area contributed by atoms with Crippen LogP contribution in [0.5, 0.6) is 0 Å². The summed E-state index contributed by atoms with van der Waals surface area (Å²) in [6.45, 7) is 2.88. The molecule has 2 aromatic carbocycles. The van der Waals surface area contributed by atoms with Gasteiger partial charge in [-0.2, -0.15) is 0 Å². The molecule has 0 aromatic heterocycles. The zero-order valence-electron chi connectivity index (χ0n) is 15.2. The molecule has 0 radical (unpaired) electrons. The van der Waals surface area contributed by atoms with Crippen LogP contribution in [0.15, 0.2) is 59.5 Å². The standard InChI is InChI=1S/C20H23FN2O3S/c1-16(20(24)22-14-6-3-7-15-22)23(18-8-4-2-5-9-18)27(25,26)19-12-10-17(21)11-13-19/h2,4-5,8-13,16H,3,6-7,14-15H2,1H3/t16-/m0/s1. The number of amides is 1. The number of hydrogen-bond acceptors (Lipinski definition) is 3. The summed E-state index contributed by atoms with van der Waals surface area (Å²) in [6, 6.07) is 12.3. The van der Waals surface area contributed by atoms with Crippen LogP contribution >= 0.6 is 0 Å². The van der Waals surface area contributed by atoms with Crippen LogP contribution < -0.4 is 4.31 Å². The summed E-state index contributed by atoms with van der Waals surface area (Å²) in [7, 11) is -4.03. The number of nitrogens with zero attached hydrogens (tertiary/aromatic N) is 2. The number of sulfonamides is 1. The topological polar surface area (TPSA) is 57.7 Å². The van der Waals surface area contributed by atoms with Gasteiger partial charge in [-0.1, -0.05) is 18.2 Å². The van der Waals surface area contributed by atoms with Gasteiger partial charge in [-0.3, -0.25) is 9.10 Å². The fourth-order valence-electron chi connectivity index (χ4n) is 3.34. The Morgan fingerprint density at radius 1 is 1.00 bits per heavy atom. The maximum absolute atomic E-state index is 13.3. The number of anilines is 1. The van der Waals surface area contributed by atoms with Crippen molar-refractivity contribution in [2.24, 2.45) is 0 Å². The first-order chi connectivity index (χ1) is 12.9. The van der Waals surface area contributed by atoms with E-state index in [4.69, 9.17) is 0 Å². The van der Waals surface area contributed by atoms with E-state index in [2.05, 4.69) is 0 Å². The summed E-state index contributed by atoms with van der Waals surface area (Å²) in [6.07, 6.45) is 2.93. The largest absolute Gasteiger partial charge is 0.341 e. The first kappa shape index (κ1) is 19.4. The molecule has 1 aliphatic rings. The molecule has 1 heterocycles. The van der Waals surface area contributed by atoms with Crippen LogP contribution in [-0.2, 0) is 14.8 Å². The molecule has 1 amide bonds. The van der Waals surface area contributed by atoms with E-state index in [9.17, 15) is 17.6 Å². The quantitative estimate of drug-likeness (QED) is 0.786. The molecule has 2 aromatic rings. The van der Waals surface area contributed by atoms with Gasteiger partial charge in [0.1, 0.15) is 11.9 Å². The summed E-state index contributed by atoms with van der Waals surface area (Å²) >= 11 is 0. The molecule has 27 heavy (non-hydrogen) atoms. The number of benzene rings is 2. The van der Waals surface area contributed by atoms with Crippen molar-refractivity contribution in [2.75, 3.05) is 17.4 Å². The highest BCUT2D eigenvalue weighted by Crippen LogP contribution is 2.27. The Hall–Kier alpha value is -2.41. The molecule has 7 heteroatoms. The van der Waals surface area contributed by atoms with E-state index < -0.39 is 21.9 Å². The fraction of sp³-hybridized carbons (Fsp3) is 0.350. The van der Waals surface area contributed by atoms with Crippen LogP contribution in [0, 0.1) is 5.82 Å². The molecule has 1 atom stereocenters. The number of rotatable bonds is 5. The Bertz CT molecular complexity index is 879. The van der Waals surface area contributed by atoms with Crippen molar-refractivity contribution in [3.63, 3.8) is 0 Å². The number of carbonyl (C=O) groups excluding carboxylic acids is 1. The van der Waals surface area contributed by atoms with Crippen LogP contribution in [0.2, 0.25) is 0 Å². The molecular weight excluding hydrogens is 367 g/mol. The third-order valence-electron chi connectivity index (χ3n) is 4.76. The summed E-state index contributed by atoms with van der Waals surface area (Å²) in [5.74, 6) is -0.734. The van der Waals surface area contributed by atoms with Crippen molar-refractivity contribution >= 4 is 21.6 Å². The number of para-hydroxylation sites is 1. The van der Waals surface area contributed by atoms with Gasteiger partial charge in [-0.25, -0.2) is 12.8 Å². The lowest BCUT2D eigenvalue weighted by Gasteiger charge is -2.35. The predicted molar refractivity (Wildman–Crippen MR) is 102 cm³/mol. The second kappa shape index (κ2) is 8.08. The summed E-state index contributed by atoms with van der Waals surface area (Å²) in [5.41, 5.74) is 0.402. The van der Waals surface area contributed by atoms with Crippen molar-refractivity contribution in [3.05, 3.63) is 60.4 Å². The van der Waals surface area contributed by atoms with Gasteiger partial charge in [0.15, 0.2) is 0 Å². The van der Waals surface area contributed by atoms with Crippen molar-refractivity contribution in [1.82, 2.24) is 4.90 Å². The highest BCUT2D eigenvalue weighted by atomic mass is 32.2. The van der Waals surface area contributed by atoms with Gasteiger partial charge in [0.2, 0.25) is 5.91 Å². The molecule has 0 aliphatic carbocycles. The average molecular weight is 390 g/mol. The fourth-order valence-corrected chi connectivity index (χ4v) is 4.96. The zero-order chi connectivity index (χ0) is 19.4. The van der Waals surface area contributed by atoms with Crippen LogP contribution in [0.4, 0.5) is 10.1 Å². The normalized spacial score (nSPS) is 16.0. The van der Waals surface area contributed by atoms with Gasteiger partial charge >= 0.3 is 0 Å². The molecule has 5 nitrogen and oxygen atoms in total. The lowest BCUT2D eigenvalue weighted by molar-refractivity contribution is -0.132. The highest BCUT2D eigenvalue weighted by Gasteiger charge is 2.35. The second-order valence-corrected chi connectivity index (χ2v) is 8.47. The number of carbonyl (C=O) groups is 1. The lowest BCUT2D eigenvalue weighted by Crippen LogP contribution is -2.50. The minimum Gasteiger partial charge on any atom is -0.341 e. The van der Waals surface area contributed by atoms with E-state index >= 15 is 0 Å². The molecule has 1 fully saturated rings. The molecule has 0 bridgehead atoms. The number of likely N-dealkylation sites (tertiary alicyclic amines) is 1. The predicted octanol–water partition coefficient (Wildman–Crippen LogP) is 3.42. The SMILES string of the molecule is C[C@@H](C(=O)N1CCCCC1)N(c1ccccc1)S(=O)(=O)c1ccc(F)cc1. The van der Waals surface area contributed by atoms with E-state index in [1.165, 1.54) is 12.1 Å². The average Bonchev–Trinajstić information content (AvgIpc) is 2.69. The molecule has 0 saturated carbocycles. The Kier molecular flexibility index (Phi) is 5.79. The van der Waals surface area contributed by atoms with Gasteiger partial charge in [0.25, 0.3) is 10.0 Å². The number of piperidine rings is 1. The molecule has 0 unspecified atom stereocenters. The minimum absolute atomic E-state index is 0.0500. The van der Waals surface area contributed by atoms with Gasteiger partial charge in [-0.15, -0.1) is 0 Å². The smallest absolute Gasteiger partial charge is 0.265 e. The maximum atomic E-state index is 13.3. The molecule has 1 saturated heterocycles. The third-order valence-corrected chi connectivity index (χ3v) is 6.67. The van der Waals surface area contributed by atoms with E-state index in [1.807, 2.05) is 0 Å². The van der Waals surface area contributed by atoms with E-state index in [0.717, 1.165) is 35.7 Å². The van der Waals surface area contributed by atoms with Gasteiger partial charge in [0, 0.05) is 13.1 Å². The van der Waals surface area contributed by atoms with Crippen LogP contribution in [0.25, 0.3) is 0 Å². The number of halogens is 1. The molecular formula is C20H23FN2O3S. The Morgan fingerprint density at radius 2 is 1.59 bits per heavy atom. The van der Waals surface area contributed by atoms with Crippen molar-refractivity contribution in [2.45, 2.75) is 37.1 Å². The van der Waals surface area contributed by atoms with E-state index in [1.54, 1.807) is 42.2 Å². The summed E-state index contributed by atoms with van der Waals surface area (Å²) in [5, 5.41) is 0. The van der Waals surface area contributed by atoms with E-state index in [-0.39, 0.29) is 10.8 Å². The Balaban J connectivity index is 2.01. The van der Waals surface area contributed by atoms with Gasteiger partial charge in [-0.05, 0) is 62.6 Å². The van der Waals surface area contributed by atoms with Crippen molar-refractivity contribution < 1.29 is 17.6 Å².